The van der Waals surface area contributed by atoms with Crippen LogP contribution >= 0.6 is 56.8 Å². The number of halogens is 4. The molecule has 0 fully saturated rings. The molecule has 0 aliphatic rings. The Morgan fingerprint density at radius 3 is 1.89 bits per heavy atom. The molecule has 0 bridgehead atoms. The second kappa shape index (κ2) is 23.7. The lowest BCUT2D eigenvalue weighted by Crippen LogP contribution is -2.40. The minimum atomic E-state index is -1.70. The summed E-state index contributed by atoms with van der Waals surface area (Å²) in [6, 6.07) is 25.0. The number of aromatic amines is 1. The molecule has 1 amide bonds. The van der Waals surface area contributed by atoms with Crippen LogP contribution in [0.25, 0.3) is 43.6 Å². The Morgan fingerprint density at radius 1 is 0.767 bits per heavy atom. The molecule has 382 valence electrons. The molecule has 0 aliphatic heterocycles. The molecule has 4 N–H and O–H groups in total. The number of fused-ring (bicyclic) bond motifs is 4. The van der Waals surface area contributed by atoms with Gasteiger partial charge in [0.05, 0.1) is 40.4 Å². The maximum absolute atomic E-state index is 14.5. The highest BCUT2D eigenvalue weighted by Crippen LogP contribution is 2.37. The van der Waals surface area contributed by atoms with Gasteiger partial charge in [-0.1, -0.05) is 45.9 Å². The van der Waals surface area contributed by atoms with Crippen LogP contribution in [-0.4, -0.2) is 49.4 Å². The van der Waals surface area contributed by atoms with Gasteiger partial charge in [0, 0.05) is 101 Å². The van der Waals surface area contributed by atoms with Gasteiger partial charge in [0.25, 0.3) is 5.91 Å². The van der Waals surface area contributed by atoms with Gasteiger partial charge in [-0.25, -0.2) is 4.39 Å². The van der Waals surface area contributed by atoms with Crippen LogP contribution in [0.4, 0.5) is 4.39 Å². The standard InChI is InChI=1S/C29H26ClFN4O2.C17H24INOSi.C11H10INO.CH4/c1-16-6-19-7-17(9-23(29(2,3)37)27(19)34-13-16)8-21-10-18(4-5-32-21)28(36)35-14-20-11-22-24(30)15-33-26(22)12-25(20)31;1-12-7-14-8-13(9-15(18)16(14)19-10-12)11-20-21(5,6)17(2,3)4;1-7-2-9-3-8(6-14)4-10(12)11(9)13-5-7;/h4-7,9-13,15,33,37H,8,14H2,1-3H3,(H,35,36);7-10H,11H2,1-6H3;2-5,14H,6H2,1H3;1H4. The second-order valence-electron chi connectivity index (χ2n) is 20.3. The number of aromatic nitrogens is 5. The summed E-state index contributed by atoms with van der Waals surface area (Å²) in [4.78, 5) is 33.7. The van der Waals surface area contributed by atoms with Crippen LogP contribution in [0.2, 0.25) is 23.2 Å². The first-order valence-electron chi connectivity index (χ1n) is 23.5. The molecule has 9 aromatic rings. The average Bonchev–Trinajstić information content (AvgIpc) is 3.67. The summed E-state index contributed by atoms with van der Waals surface area (Å²) >= 11 is 10.8. The first-order valence-corrected chi connectivity index (χ1v) is 29.0. The number of nitrogens with zero attached hydrogens (tertiary/aromatic N) is 4. The molecule has 9 rings (SSSR count). The molecular weight excluding hydrogens is 1180 g/mol. The summed E-state index contributed by atoms with van der Waals surface area (Å²) in [5.41, 5.74) is 11.1. The molecule has 0 atom stereocenters. The monoisotopic (exact) mass is 1240 g/mol. The average molecular weight is 1250 g/mol. The van der Waals surface area contributed by atoms with Gasteiger partial charge >= 0.3 is 0 Å². The Bertz CT molecular complexity index is 3470. The first-order chi connectivity index (χ1) is 33.9. The Labute approximate surface area is 461 Å². The number of aryl methyl sites for hydroxylation is 3. The fourth-order valence-corrected chi connectivity index (χ4v) is 10.8. The van der Waals surface area contributed by atoms with Crippen molar-refractivity contribution in [2.45, 2.75) is 113 Å². The summed E-state index contributed by atoms with van der Waals surface area (Å²) in [6.07, 6.45) is 9.23. The minimum Gasteiger partial charge on any atom is -0.413 e. The van der Waals surface area contributed by atoms with E-state index >= 15 is 0 Å². The summed E-state index contributed by atoms with van der Waals surface area (Å²) in [5.74, 6) is -0.760. The molecule has 73 heavy (non-hydrogen) atoms. The lowest BCUT2D eigenvalue weighted by molar-refractivity contribution is 0.0799. The molecule has 0 radical (unpaired) electrons. The van der Waals surface area contributed by atoms with Crippen molar-refractivity contribution in [1.82, 2.24) is 30.2 Å². The smallest absolute Gasteiger partial charge is 0.251 e. The zero-order valence-corrected chi connectivity index (χ0v) is 48.3. The third kappa shape index (κ3) is 14.3. The molecule has 0 saturated heterocycles. The van der Waals surface area contributed by atoms with Gasteiger partial charge in [0.2, 0.25) is 0 Å². The maximum Gasteiger partial charge on any atom is 0.251 e. The predicted octanol–water partition coefficient (Wildman–Crippen LogP) is 14.9. The highest BCUT2D eigenvalue weighted by atomic mass is 127. The van der Waals surface area contributed by atoms with Crippen molar-refractivity contribution < 1.29 is 23.8 Å². The van der Waals surface area contributed by atoms with Crippen molar-refractivity contribution in [2.75, 3.05) is 0 Å². The highest BCUT2D eigenvalue weighted by Gasteiger charge is 2.37. The van der Waals surface area contributed by atoms with Gasteiger partial charge in [0.1, 0.15) is 5.82 Å². The van der Waals surface area contributed by atoms with E-state index in [0.717, 1.165) is 58.7 Å². The van der Waals surface area contributed by atoms with E-state index < -0.39 is 19.7 Å². The fourth-order valence-electron chi connectivity index (χ4n) is 7.89. The lowest BCUT2D eigenvalue weighted by Gasteiger charge is -2.36. The summed E-state index contributed by atoms with van der Waals surface area (Å²) in [6.45, 7) is 21.8. The van der Waals surface area contributed by atoms with E-state index in [4.69, 9.17) is 21.1 Å². The van der Waals surface area contributed by atoms with Crippen molar-refractivity contribution in [3.8, 4) is 0 Å². The van der Waals surface area contributed by atoms with Crippen LogP contribution in [0, 0.1) is 33.7 Å². The third-order valence-corrected chi connectivity index (χ3v) is 19.2. The van der Waals surface area contributed by atoms with Crippen LogP contribution in [0.15, 0.2) is 110 Å². The molecule has 4 aromatic carbocycles. The number of carbonyl (C=O) groups excluding carboxylic acids is 1. The Balaban J connectivity index is 0.000000202. The summed E-state index contributed by atoms with van der Waals surface area (Å²) in [7, 11) is -1.70. The van der Waals surface area contributed by atoms with Crippen molar-refractivity contribution in [1.29, 1.82) is 0 Å². The van der Waals surface area contributed by atoms with Crippen LogP contribution in [0.5, 0.6) is 0 Å². The number of nitrogens with one attached hydrogen (secondary N) is 2. The lowest BCUT2D eigenvalue weighted by atomic mass is 9.91. The highest BCUT2D eigenvalue weighted by molar-refractivity contribution is 14.1. The van der Waals surface area contributed by atoms with Crippen LogP contribution < -0.4 is 5.32 Å². The molecule has 15 heteroatoms. The summed E-state index contributed by atoms with van der Waals surface area (Å²) in [5, 5.41) is 27.3. The number of amides is 1. The number of hydrogen-bond donors (Lipinski definition) is 4. The number of aliphatic hydroxyl groups is 2. The number of aliphatic hydroxyl groups excluding tert-OH is 1. The van der Waals surface area contributed by atoms with Gasteiger partial charge in [-0.15, -0.1) is 0 Å². The van der Waals surface area contributed by atoms with E-state index in [1.807, 2.05) is 56.6 Å². The van der Waals surface area contributed by atoms with Crippen molar-refractivity contribution in [3.05, 3.63) is 184 Å². The quantitative estimate of drug-likeness (QED) is 0.0782. The van der Waals surface area contributed by atoms with Gasteiger partial charge < -0.3 is 24.9 Å². The Kier molecular flexibility index (Phi) is 18.6. The van der Waals surface area contributed by atoms with Gasteiger partial charge in [-0.3, -0.25) is 24.7 Å². The molecule has 0 spiro atoms. The molecule has 10 nitrogen and oxygen atoms in total. The van der Waals surface area contributed by atoms with E-state index in [9.17, 15) is 14.3 Å². The number of H-pyrrole nitrogens is 1. The first kappa shape index (κ1) is 57.3. The largest absolute Gasteiger partial charge is 0.413 e. The zero-order valence-electron chi connectivity index (χ0n) is 42.2. The molecule has 0 saturated carbocycles. The van der Waals surface area contributed by atoms with E-state index in [-0.39, 0.29) is 31.5 Å². The number of benzene rings is 4. The van der Waals surface area contributed by atoms with Crippen LogP contribution in [-0.2, 0) is 36.2 Å². The molecular formula is C58H64ClFI2N6O4Si. The molecule has 0 unspecified atom stereocenters. The van der Waals surface area contributed by atoms with Crippen molar-refractivity contribution >= 4 is 115 Å². The zero-order chi connectivity index (χ0) is 52.3. The normalized spacial score (nSPS) is 11.8. The van der Waals surface area contributed by atoms with Crippen LogP contribution in [0.3, 0.4) is 0 Å². The number of carbonyl (C=O) groups is 1. The SMILES string of the molecule is C.Cc1cnc2c(C(C)(C)O)cc(Cc3cc(C(=O)NCc4cc5c(Cl)c[nH]c5cc4F)ccn3)cc2c1.Cc1cnc2c(I)cc(CO)cc2c1.Cc1cnc2c(I)cc(CO[Si](C)(C)C(C)(C)C)cc2c1. The van der Waals surface area contributed by atoms with E-state index in [0.29, 0.717) is 45.8 Å². The number of rotatable bonds is 10. The van der Waals surface area contributed by atoms with E-state index in [2.05, 4.69) is 140 Å². The number of pyridine rings is 4. The van der Waals surface area contributed by atoms with Crippen molar-refractivity contribution in [2.24, 2.45) is 0 Å². The van der Waals surface area contributed by atoms with Gasteiger partial charge in [-0.2, -0.15) is 0 Å². The van der Waals surface area contributed by atoms with E-state index in [1.54, 1.807) is 50.6 Å². The van der Waals surface area contributed by atoms with Gasteiger partial charge in [-0.05, 0) is 204 Å². The molecule has 0 aliphatic carbocycles. The third-order valence-electron chi connectivity index (χ3n) is 12.8. The van der Waals surface area contributed by atoms with E-state index in [1.165, 1.54) is 26.1 Å². The second-order valence-corrected chi connectivity index (χ2v) is 27.9. The number of hydrogen-bond acceptors (Lipinski definition) is 8. The Hall–Kier alpha value is -4.95. The van der Waals surface area contributed by atoms with Crippen molar-refractivity contribution in [3.63, 3.8) is 0 Å². The fraction of sp³-hybridized carbons (Fsp3) is 0.293. The molecule has 5 heterocycles. The molecule has 5 aromatic heterocycles. The van der Waals surface area contributed by atoms with Gasteiger partial charge in [0.15, 0.2) is 8.32 Å². The maximum atomic E-state index is 14.5. The topological polar surface area (TPSA) is 146 Å². The van der Waals surface area contributed by atoms with Crippen LogP contribution in [0.1, 0.15) is 103 Å². The minimum absolute atomic E-state index is 0. The predicted molar refractivity (Wildman–Crippen MR) is 316 cm³/mol. The summed E-state index contributed by atoms with van der Waals surface area (Å²) < 4.78 is 23.1. The Morgan fingerprint density at radius 2 is 1.32 bits per heavy atom.